The molecule has 0 saturated heterocycles. The van der Waals surface area contributed by atoms with E-state index < -0.39 is 5.97 Å². The average Bonchev–Trinajstić information content (AvgIpc) is 2.38. The molecule has 1 aromatic carbocycles. The third-order valence-corrected chi connectivity index (χ3v) is 3.13. The molecule has 2 aromatic rings. The highest BCUT2D eigenvalue weighted by Gasteiger charge is 2.09. The lowest BCUT2D eigenvalue weighted by Crippen LogP contribution is -2.04. The number of hydrogen-bond acceptors (Lipinski definition) is 3. The van der Waals surface area contributed by atoms with Gasteiger partial charge >= 0.3 is 5.97 Å². The molecule has 0 aliphatic carbocycles. The maximum atomic E-state index is 10.7. The number of aliphatic carboxylic acids is 1. The molecular weight excluding hydrogens is 252 g/mol. The van der Waals surface area contributed by atoms with E-state index >= 15 is 0 Å². The van der Waals surface area contributed by atoms with Crippen LogP contribution in [0.5, 0.6) is 0 Å². The molecule has 0 saturated carbocycles. The van der Waals surface area contributed by atoms with Gasteiger partial charge in [-0.2, -0.15) is 0 Å². The van der Waals surface area contributed by atoms with Gasteiger partial charge in [-0.3, -0.25) is 4.79 Å². The quantitative estimate of drug-likeness (QED) is 0.927. The molecule has 0 bridgehead atoms. The first-order valence-electron chi connectivity index (χ1n) is 6.59. The largest absolute Gasteiger partial charge is 0.481 e. The van der Waals surface area contributed by atoms with E-state index in [2.05, 4.69) is 28.2 Å². The van der Waals surface area contributed by atoms with Gasteiger partial charge in [0, 0.05) is 17.7 Å². The van der Waals surface area contributed by atoms with Crippen molar-refractivity contribution >= 4 is 5.97 Å². The molecule has 0 aliphatic rings. The Labute approximate surface area is 118 Å². The first-order valence-corrected chi connectivity index (χ1v) is 6.59. The average molecular weight is 270 g/mol. The Kier molecular flexibility index (Phi) is 4.13. The second-order valence-electron chi connectivity index (χ2n) is 5.02. The molecular formula is C16H18N2O2. The number of carboxylic acids is 1. The van der Waals surface area contributed by atoms with E-state index in [9.17, 15) is 4.79 Å². The van der Waals surface area contributed by atoms with Crippen molar-refractivity contribution in [2.75, 3.05) is 0 Å². The third kappa shape index (κ3) is 3.41. The Morgan fingerprint density at radius 1 is 1.15 bits per heavy atom. The lowest BCUT2D eigenvalue weighted by molar-refractivity contribution is -0.137. The molecule has 0 amide bonds. The zero-order chi connectivity index (χ0) is 14.7. The molecule has 1 aromatic heterocycles. The van der Waals surface area contributed by atoms with Crippen molar-refractivity contribution in [1.29, 1.82) is 0 Å². The summed E-state index contributed by atoms with van der Waals surface area (Å²) in [5.41, 5.74) is 5.12. The Balaban J connectivity index is 2.41. The summed E-state index contributed by atoms with van der Waals surface area (Å²) in [7, 11) is 0. The Hall–Kier alpha value is -2.23. The first kappa shape index (κ1) is 14.2. The van der Waals surface area contributed by atoms with Crippen molar-refractivity contribution in [2.24, 2.45) is 0 Å². The fourth-order valence-corrected chi connectivity index (χ4v) is 2.11. The van der Waals surface area contributed by atoms with Crippen molar-refractivity contribution in [3.63, 3.8) is 0 Å². The van der Waals surface area contributed by atoms with Gasteiger partial charge in [-0.15, -0.1) is 0 Å². The smallest absolute Gasteiger partial charge is 0.303 e. The van der Waals surface area contributed by atoms with Crippen LogP contribution in [0.4, 0.5) is 0 Å². The van der Waals surface area contributed by atoms with E-state index in [1.165, 1.54) is 5.56 Å². The van der Waals surface area contributed by atoms with Crippen LogP contribution in [-0.4, -0.2) is 21.0 Å². The molecule has 1 heterocycles. The number of benzene rings is 1. The van der Waals surface area contributed by atoms with Gasteiger partial charge in [-0.1, -0.05) is 17.7 Å². The highest BCUT2D eigenvalue weighted by Crippen LogP contribution is 2.23. The third-order valence-electron chi connectivity index (χ3n) is 3.13. The topological polar surface area (TPSA) is 63.1 Å². The van der Waals surface area contributed by atoms with E-state index in [1.54, 1.807) is 0 Å². The maximum Gasteiger partial charge on any atom is 0.303 e. The predicted octanol–water partition coefficient (Wildman–Crippen LogP) is 3.09. The van der Waals surface area contributed by atoms with Crippen LogP contribution in [-0.2, 0) is 11.2 Å². The lowest BCUT2D eigenvalue weighted by Gasteiger charge is -2.09. The minimum Gasteiger partial charge on any atom is -0.481 e. The number of aromatic nitrogens is 2. The van der Waals surface area contributed by atoms with Crippen LogP contribution in [0.3, 0.4) is 0 Å². The van der Waals surface area contributed by atoms with Crippen molar-refractivity contribution in [3.05, 3.63) is 46.9 Å². The Morgan fingerprint density at radius 2 is 1.90 bits per heavy atom. The standard InChI is InChI=1S/C16H18N2O2/c1-10-4-5-11(2)13(8-10)14-9-12(3)17-15(18-14)6-7-16(19)20/h4-5,8-9H,6-7H2,1-3H3,(H,19,20). The summed E-state index contributed by atoms with van der Waals surface area (Å²) in [6, 6.07) is 8.17. The highest BCUT2D eigenvalue weighted by molar-refractivity contribution is 5.67. The monoisotopic (exact) mass is 270 g/mol. The van der Waals surface area contributed by atoms with E-state index in [0.717, 1.165) is 22.5 Å². The van der Waals surface area contributed by atoms with Gasteiger partial charge in [0.2, 0.25) is 0 Å². The minimum absolute atomic E-state index is 0.0513. The fraction of sp³-hybridized carbons (Fsp3) is 0.312. The van der Waals surface area contributed by atoms with Crippen LogP contribution >= 0.6 is 0 Å². The van der Waals surface area contributed by atoms with E-state index in [4.69, 9.17) is 5.11 Å². The molecule has 0 spiro atoms. The van der Waals surface area contributed by atoms with E-state index in [1.807, 2.05) is 26.8 Å². The first-order chi connectivity index (χ1) is 9.45. The van der Waals surface area contributed by atoms with Crippen molar-refractivity contribution in [1.82, 2.24) is 9.97 Å². The minimum atomic E-state index is -0.830. The number of nitrogens with zero attached hydrogens (tertiary/aromatic N) is 2. The molecule has 4 nitrogen and oxygen atoms in total. The van der Waals surface area contributed by atoms with Crippen LogP contribution in [0.25, 0.3) is 11.3 Å². The number of carboxylic acid groups (broad SMARTS) is 1. The Morgan fingerprint density at radius 3 is 2.60 bits per heavy atom. The van der Waals surface area contributed by atoms with Gasteiger partial charge in [-0.25, -0.2) is 9.97 Å². The van der Waals surface area contributed by atoms with Crippen LogP contribution in [0.15, 0.2) is 24.3 Å². The van der Waals surface area contributed by atoms with Crippen LogP contribution in [0.1, 0.15) is 29.1 Å². The SMILES string of the molecule is Cc1ccc(C)c(-c2cc(C)nc(CCC(=O)O)n2)c1. The lowest BCUT2D eigenvalue weighted by atomic mass is 10.0. The van der Waals surface area contributed by atoms with E-state index in [-0.39, 0.29) is 6.42 Å². The molecule has 2 rings (SSSR count). The highest BCUT2D eigenvalue weighted by atomic mass is 16.4. The summed E-state index contributed by atoms with van der Waals surface area (Å²) < 4.78 is 0. The van der Waals surface area contributed by atoms with Crippen LogP contribution in [0, 0.1) is 20.8 Å². The van der Waals surface area contributed by atoms with Crippen molar-refractivity contribution in [2.45, 2.75) is 33.6 Å². The summed E-state index contributed by atoms with van der Waals surface area (Å²) in [4.78, 5) is 19.5. The summed E-state index contributed by atoms with van der Waals surface area (Å²) in [5.74, 6) is -0.244. The molecule has 4 heteroatoms. The molecule has 0 radical (unpaired) electrons. The molecule has 104 valence electrons. The maximum absolute atomic E-state index is 10.7. The Bertz CT molecular complexity index is 651. The van der Waals surface area contributed by atoms with Gasteiger partial charge in [-0.05, 0) is 38.5 Å². The van der Waals surface area contributed by atoms with Gasteiger partial charge in [0.05, 0.1) is 12.1 Å². The van der Waals surface area contributed by atoms with Crippen molar-refractivity contribution in [3.8, 4) is 11.3 Å². The number of hydrogen-bond donors (Lipinski definition) is 1. The second-order valence-corrected chi connectivity index (χ2v) is 5.02. The summed E-state index contributed by atoms with van der Waals surface area (Å²) >= 11 is 0. The number of rotatable bonds is 4. The van der Waals surface area contributed by atoms with Gasteiger partial charge in [0.25, 0.3) is 0 Å². The van der Waals surface area contributed by atoms with Crippen LogP contribution < -0.4 is 0 Å². The molecule has 0 atom stereocenters. The molecule has 20 heavy (non-hydrogen) atoms. The zero-order valence-corrected chi connectivity index (χ0v) is 12.0. The number of aryl methyl sites for hydroxylation is 4. The van der Waals surface area contributed by atoms with Crippen LogP contribution in [0.2, 0.25) is 0 Å². The normalized spacial score (nSPS) is 10.6. The summed E-state index contributed by atoms with van der Waals surface area (Å²) in [5, 5.41) is 8.76. The number of carbonyl (C=O) groups is 1. The fourth-order valence-electron chi connectivity index (χ4n) is 2.11. The van der Waals surface area contributed by atoms with Gasteiger partial charge in [0.1, 0.15) is 5.82 Å². The molecule has 1 N–H and O–H groups in total. The van der Waals surface area contributed by atoms with Crippen molar-refractivity contribution < 1.29 is 9.90 Å². The molecule has 0 unspecified atom stereocenters. The summed E-state index contributed by atoms with van der Waals surface area (Å²) in [6.07, 6.45) is 0.407. The van der Waals surface area contributed by atoms with Gasteiger partial charge < -0.3 is 5.11 Å². The molecule has 0 fully saturated rings. The van der Waals surface area contributed by atoms with E-state index in [0.29, 0.717) is 12.2 Å². The summed E-state index contributed by atoms with van der Waals surface area (Å²) in [6.45, 7) is 5.99. The van der Waals surface area contributed by atoms with Gasteiger partial charge in [0.15, 0.2) is 0 Å². The second kappa shape index (κ2) is 5.82. The molecule has 0 aliphatic heterocycles. The zero-order valence-electron chi connectivity index (χ0n) is 12.0. The predicted molar refractivity (Wildman–Crippen MR) is 77.6 cm³/mol.